The van der Waals surface area contributed by atoms with E-state index in [1.165, 1.54) is 18.4 Å². The average Bonchev–Trinajstić information content (AvgIpc) is 2.34. The van der Waals surface area contributed by atoms with Gasteiger partial charge in [-0.05, 0) is 55.3 Å². The average molecular weight is 265 g/mol. The topological polar surface area (TPSA) is 12.0 Å². The summed E-state index contributed by atoms with van der Waals surface area (Å²) in [4.78, 5) is 0. The number of benzene rings is 1. The summed E-state index contributed by atoms with van der Waals surface area (Å²) in [6.07, 6.45) is 4.51. The van der Waals surface area contributed by atoms with Gasteiger partial charge in [0.1, 0.15) is 5.82 Å². The fourth-order valence-corrected chi connectivity index (χ4v) is 2.32. The van der Waals surface area contributed by atoms with Crippen LogP contribution in [0.25, 0.3) is 0 Å². The van der Waals surface area contributed by atoms with Crippen LogP contribution in [0.1, 0.15) is 52.5 Å². The molecule has 0 radical (unpaired) electrons. The first-order chi connectivity index (χ1) is 8.93. The highest BCUT2D eigenvalue weighted by Gasteiger charge is 2.23. The second-order valence-electron chi connectivity index (χ2n) is 6.39. The van der Waals surface area contributed by atoms with Crippen molar-refractivity contribution in [2.45, 2.75) is 59.4 Å². The summed E-state index contributed by atoms with van der Waals surface area (Å²) >= 11 is 0. The summed E-state index contributed by atoms with van der Waals surface area (Å²) in [5.74, 6) is -0.152. The lowest BCUT2D eigenvalue weighted by Gasteiger charge is -2.32. The summed E-state index contributed by atoms with van der Waals surface area (Å²) in [5, 5.41) is 3.64. The van der Waals surface area contributed by atoms with Gasteiger partial charge in [-0.2, -0.15) is 0 Å². The summed E-state index contributed by atoms with van der Waals surface area (Å²) in [6, 6.07) is 7.42. The van der Waals surface area contributed by atoms with Crippen molar-refractivity contribution in [1.82, 2.24) is 5.32 Å². The Labute approximate surface area is 117 Å². The highest BCUT2D eigenvalue weighted by Crippen LogP contribution is 2.23. The van der Waals surface area contributed by atoms with Crippen LogP contribution in [0.5, 0.6) is 0 Å². The maximum atomic E-state index is 12.8. The Morgan fingerprint density at radius 3 is 2.32 bits per heavy atom. The first kappa shape index (κ1) is 16.2. The van der Waals surface area contributed by atoms with Gasteiger partial charge in [-0.25, -0.2) is 4.39 Å². The molecule has 1 rings (SSSR count). The van der Waals surface area contributed by atoms with Crippen LogP contribution in [0, 0.1) is 11.2 Å². The zero-order valence-corrected chi connectivity index (χ0v) is 12.8. The molecule has 19 heavy (non-hydrogen) atoms. The van der Waals surface area contributed by atoms with Crippen molar-refractivity contribution in [3.8, 4) is 0 Å². The van der Waals surface area contributed by atoms with Crippen LogP contribution >= 0.6 is 0 Å². The highest BCUT2D eigenvalue weighted by atomic mass is 19.1. The van der Waals surface area contributed by atoms with Crippen LogP contribution in [-0.2, 0) is 6.42 Å². The Kier molecular flexibility index (Phi) is 6.50. The van der Waals surface area contributed by atoms with E-state index >= 15 is 0 Å². The molecule has 1 N–H and O–H groups in total. The Hall–Kier alpha value is -0.890. The van der Waals surface area contributed by atoms with E-state index in [-0.39, 0.29) is 11.2 Å². The van der Waals surface area contributed by atoms with Crippen molar-refractivity contribution in [1.29, 1.82) is 0 Å². The smallest absolute Gasteiger partial charge is 0.123 e. The number of nitrogens with one attached hydrogen (secondary N) is 1. The summed E-state index contributed by atoms with van der Waals surface area (Å²) < 4.78 is 12.8. The van der Waals surface area contributed by atoms with Gasteiger partial charge in [0.25, 0.3) is 0 Å². The van der Waals surface area contributed by atoms with Gasteiger partial charge >= 0.3 is 0 Å². The third-order valence-corrected chi connectivity index (χ3v) is 3.56. The first-order valence-corrected chi connectivity index (χ1v) is 7.41. The van der Waals surface area contributed by atoms with Gasteiger partial charge in [0.15, 0.2) is 0 Å². The van der Waals surface area contributed by atoms with E-state index in [0.717, 1.165) is 19.4 Å². The molecule has 0 saturated carbocycles. The molecule has 1 nitrogen and oxygen atoms in total. The van der Waals surface area contributed by atoms with E-state index in [1.807, 2.05) is 12.1 Å². The molecule has 0 saturated heterocycles. The van der Waals surface area contributed by atoms with E-state index in [4.69, 9.17) is 0 Å². The molecule has 0 aliphatic heterocycles. The zero-order chi connectivity index (χ0) is 14.3. The van der Waals surface area contributed by atoms with Crippen LogP contribution in [0.4, 0.5) is 4.39 Å². The SMILES string of the molecule is CCCNC(CCCc1ccc(F)cc1)C(C)(C)C. The fourth-order valence-electron chi connectivity index (χ4n) is 2.32. The third kappa shape index (κ3) is 6.20. The summed E-state index contributed by atoms with van der Waals surface area (Å²) in [7, 11) is 0. The molecular formula is C17H28FN. The number of hydrogen-bond donors (Lipinski definition) is 1. The van der Waals surface area contributed by atoms with Gasteiger partial charge < -0.3 is 5.32 Å². The van der Waals surface area contributed by atoms with Crippen molar-refractivity contribution < 1.29 is 4.39 Å². The van der Waals surface area contributed by atoms with Crippen LogP contribution < -0.4 is 5.32 Å². The predicted octanol–water partition coefficient (Wildman–Crippen LogP) is 4.56. The van der Waals surface area contributed by atoms with Crippen LogP contribution in [0.2, 0.25) is 0 Å². The number of rotatable bonds is 7. The lowest BCUT2D eigenvalue weighted by Crippen LogP contribution is -2.40. The lowest BCUT2D eigenvalue weighted by atomic mass is 9.83. The Bertz CT molecular complexity index is 351. The molecule has 0 bridgehead atoms. The molecule has 0 spiro atoms. The van der Waals surface area contributed by atoms with E-state index in [0.29, 0.717) is 6.04 Å². The molecule has 108 valence electrons. The number of aryl methyl sites for hydroxylation is 1. The van der Waals surface area contributed by atoms with E-state index in [2.05, 4.69) is 33.0 Å². The zero-order valence-electron chi connectivity index (χ0n) is 12.8. The van der Waals surface area contributed by atoms with Crippen molar-refractivity contribution in [3.63, 3.8) is 0 Å². The molecule has 2 heteroatoms. The monoisotopic (exact) mass is 265 g/mol. The van der Waals surface area contributed by atoms with E-state index < -0.39 is 0 Å². The van der Waals surface area contributed by atoms with Gasteiger partial charge in [-0.1, -0.05) is 39.8 Å². The number of halogens is 1. The molecule has 1 atom stereocenters. The van der Waals surface area contributed by atoms with Gasteiger partial charge in [0, 0.05) is 6.04 Å². The van der Waals surface area contributed by atoms with E-state index in [9.17, 15) is 4.39 Å². The maximum absolute atomic E-state index is 12.8. The van der Waals surface area contributed by atoms with Crippen molar-refractivity contribution in [2.24, 2.45) is 5.41 Å². The van der Waals surface area contributed by atoms with Crippen molar-refractivity contribution in [2.75, 3.05) is 6.54 Å². The van der Waals surface area contributed by atoms with Gasteiger partial charge in [-0.3, -0.25) is 0 Å². The standard InChI is InChI=1S/C17H28FN/c1-5-13-19-16(17(2,3)4)8-6-7-14-9-11-15(18)12-10-14/h9-12,16,19H,5-8,13H2,1-4H3. The largest absolute Gasteiger partial charge is 0.313 e. The first-order valence-electron chi connectivity index (χ1n) is 7.41. The van der Waals surface area contributed by atoms with Gasteiger partial charge in [0.2, 0.25) is 0 Å². The second kappa shape index (κ2) is 7.64. The Morgan fingerprint density at radius 1 is 1.16 bits per heavy atom. The van der Waals surface area contributed by atoms with Crippen LogP contribution in [0.3, 0.4) is 0 Å². The quantitative estimate of drug-likeness (QED) is 0.762. The van der Waals surface area contributed by atoms with Gasteiger partial charge in [0.05, 0.1) is 0 Å². The number of hydrogen-bond acceptors (Lipinski definition) is 1. The normalized spacial score (nSPS) is 13.5. The van der Waals surface area contributed by atoms with Crippen molar-refractivity contribution in [3.05, 3.63) is 35.6 Å². The lowest BCUT2D eigenvalue weighted by molar-refractivity contribution is 0.251. The molecule has 1 unspecified atom stereocenters. The third-order valence-electron chi connectivity index (χ3n) is 3.56. The molecule has 1 aromatic carbocycles. The predicted molar refractivity (Wildman–Crippen MR) is 80.9 cm³/mol. The molecule has 0 amide bonds. The summed E-state index contributed by atoms with van der Waals surface area (Å²) in [5.41, 5.74) is 1.52. The molecular weight excluding hydrogens is 237 g/mol. The molecule has 0 aromatic heterocycles. The minimum atomic E-state index is -0.152. The fraction of sp³-hybridized carbons (Fsp3) is 0.647. The van der Waals surface area contributed by atoms with Crippen LogP contribution in [0.15, 0.2) is 24.3 Å². The van der Waals surface area contributed by atoms with Gasteiger partial charge in [-0.15, -0.1) is 0 Å². The minimum Gasteiger partial charge on any atom is -0.313 e. The Morgan fingerprint density at radius 2 is 1.79 bits per heavy atom. The highest BCUT2D eigenvalue weighted by molar-refractivity contribution is 5.16. The molecule has 0 heterocycles. The summed E-state index contributed by atoms with van der Waals surface area (Å²) in [6.45, 7) is 10.2. The minimum absolute atomic E-state index is 0.152. The van der Waals surface area contributed by atoms with Crippen LogP contribution in [-0.4, -0.2) is 12.6 Å². The molecule has 0 aliphatic rings. The molecule has 0 aliphatic carbocycles. The Balaban J connectivity index is 2.41. The van der Waals surface area contributed by atoms with Crippen molar-refractivity contribution >= 4 is 0 Å². The maximum Gasteiger partial charge on any atom is 0.123 e. The van der Waals surface area contributed by atoms with E-state index in [1.54, 1.807) is 12.1 Å². The second-order valence-corrected chi connectivity index (χ2v) is 6.39. The molecule has 1 aromatic rings. The molecule has 0 fully saturated rings.